The molecule has 0 saturated carbocycles. The molecule has 0 atom stereocenters. The van der Waals surface area contributed by atoms with Crippen molar-refractivity contribution in [1.82, 2.24) is 5.32 Å². The first kappa shape index (κ1) is 16.9. The maximum atomic E-state index is 10.7. The lowest BCUT2D eigenvalue weighted by molar-refractivity contribution is -0.121. The lowest BCUT2D eigenvalue weighted by atomic mass is 10.3. The number of aliphatic hydroxyl groups is 1. The topological polar surface area (TPSA) is 153 Å². The third-order valence-electron chi connectivity index (χ3n) is 1.04. The number of hydrogen-bond acceptors (Lipinski definition) is 4. The summed E-state index contributed by atoms with van der Waals surface area (Å²) < 4.78 is 8.88. The third-order valence-corrected chi connectivity index (χ3v) is 1.04. The molecule has 0 heterocycles. The van der Waals surface area contributed by atoms with Gasteiger partial charge >= 0.3 is 7.82 Å². The summed E-state index contributed by atoms with van der Waals surface area (Å²) in [6.45, 7) is 0.865. The Balaban J connectivity index is 0. The van der Waals surface area contributed by atoms with E-state index in [-0.39, 0.29) is 12.5 Å². The molecule has 0 aromatic heterocycles. The van der Waals surface area contributed by atoms with E-state index >= 15 is 0 Å². The molecule has 0 fully saturated rings. The zero-order valence-corrected chi connectivity index (χ0v) is 9.06. The van der Waals surface area contributed by atoms with Gasteiger partial charge in [-0.3, -0.25) is 4.79 Å². The number of carbonyl (C=O) groups is 1. The molecule has 0 aliphatic carbocycles. The van der Waals surface area contributed by atoms with E-state index in [4.69, 9.17) is 30.1 Å². The van der Waals surface area contributed by atoms with Gasteiger partial charge in [-0.25, -0.2) is 4.57 Å². The first-order valence-electron chi connectivity index (χ1n) is 4.17. The Kier molecular flexibility index (Phi) is 11.3. The van der Waals surface area contributed by atoms with Crippen LogP contribution in [0.5, 0.6) is 0 Å². The van der Waals surface area contributed by atoms with Crippen molar-refractivity contribution in [3.8, 4) is 0 Å². The van der Waals surface area contributed by atoms with Crippen LogP contribution in [0.4, 0.5) is 0 Å². The lowest BCUT2D eigenvalue weighted by Crippen LogP contribution is -2.26. The Morgan fingerprint density at radius 3 is 2.13 bits per heavy atom. The van der Waals surface area contributed by atoms with Crippen LogP contribution in [0.15, 0.2) is 0 Å². The SMILES string of the molecule is NCCCC(=O)NCCO.O=P(O)(O)O. The molecule has 0 saturated heterocycles. The van der Waals surface area contributed by atoms with Crippen molar-refractivity contribution in [3.05, 3.63) is 0 Å². The van der Waals surface area contributed by atoms with Crippen LogP contribution < -0.4 is 11.1 Å². The quantitative estimate of drug-likeness (QED) is 0.303. The number of hydrogen-bond donors (Lipinski definition) is 6. The smallest absolute Gasteiger partial charge is 0.395 e. The molecule has 92 valence electrons. The van der Waals surface area contributed by atoms with Crippen molar-refractivity contribution in [3.63, 3.8) is 0 Å². The minimum absolute atomic E-state index is 0.00559. The van der Waals surface area contributed by atoms with Gasteiger partial charge in [-0.15, -0.1) is 0 Å². The van der Waals surface area contributed by atoms with E-state index in [0.717, 1.165) is 0 Å². The van der Waals surface area contributed by atoms with E-state index in [9.17, 15) is 4.79 Å². The van der Waals surface area contributed by atoms with Crippen LogP contribution in [-0.2, 0) is 9.36 Å². The average Bonchev–Trinajstić information content (AvgIpc) is 2.08. The van der Waals surface area contributed by atoms with Crippen LogP contribution in [0, 0.1) is 0 Å². The van der Waals surface area contributed by atoms with Gasteiger partial charge < -0.3 is 30.8 Å². The van der Waals surface area contributed by atoms with Gasteiger partial charge in [0.15, 0.2) is 0 Å². The molecular formula is C6H17N2O6P. The van der Waals surface area contributed by atoms with Crippen LogP contribution in [0.2, 0.25) is 0 Å². The second-order valence-corrected chi connectivity index (χ2v) is 3.51. The van der Waals surface area contributed by atoms with Crippen LogP contribution in [0.1, 0.15) is 12.8 Å². The van der Waals surface area contributed by atoms with Crippen molar-refractivity contribution in [1.29, 1.82) is 0 Å². The molecule has 7 N–H and O–H groups in total. The summed E-state index contributed by atoms with van der Waals surface area (Å²) >= 11 is 0. The predicted molar refractivity (Wildman–Crippen MR) is 52.6 cm³/mol. The zero-order valence-electron chi connectivity index (χ0n) is 8.17. The Labute approximate surface area is 87.3 Å². The number of aliphatic hydroxyl groups excluding tert-OH is 1. The van der Waals surface area contributed by atoms with Crippen LogP contribution in [0.3, 0.4) is 0 Å². The minimum atomic E-state index is -4.64. The normalized spacial score (nSPS) is 10.2. The first-order chi connectivity index (χ1) is 6.81. The molecule has 0 unspecified atom stereocenters. The number of amides is 1. The van der Waals surface area contributed by atoms with Crippen molar-refractivity contribution in [2.45, 2.75) is 12.8 Å². The number of nitrogens with two attached hydrogens (primary N) is 1. The molecule has 1 amide bonds. The Hall–Kier alpha value is -0.500. The monoisotopic (exact) mass is 244 g/mol. The standard InChI is InChI=1S/C6H14N2O2.H3O4P/c7-3-1-2-6(10)8-4-5-9;1-5(2,3)4/h9H,1-5,7H2,(H,8,10);(H3,1,2,3,4). The fourth-order valence-electron chi connectivity index (χ4n) is 0.546. The van der Waals surface area contributed by atoms with Crippen LogP contribution in [-0.4, -0.2) is 45.4 Å². The summed E-state index contributed by atoms with van der Waals surface area (Å²) in [7, 11) is -4.64. The van der Waals surface area contributed by atoms with E-state index < -0.39 is 7.82 Å². The summed E-state index contributed by atoms with van der Waals surface area (Å²) in [4.78, 5) is 32.2. The third kappa shape index (κ3) is 31.7. The van der Waals surface area contributed by atoms with Crippen molar-refractivity contribution >= 4 is 13.7 Å². The fourth-order valence-corrected chi connectivity index (χ4v) is 0.546. The summed E-state index contributed by atoms with van der Waals surface area (Å²) in [6.07, 6.45) is 1.16. The van der Waals surface area contributed by atoms with Gasteiger partial charge in [-0.05, 0) is 13.0 Å². The molecule has 0 radical (unpaired) electrons. The van der Waals surface area contributed by atoms with E-state index in [1.165, 1.54) is 0 Å². The minimum Gasteiger partial charge on any atom is -0.395 e. The summed E-state index contributed by atoms with van der Waals surface area (Å²) in [5.41, 5.74) is 5.18. The molecule has 8 nitrogen and oxygen atoms in total. The predicted octanol–water partition coefficient (Wildman–Crippen LogP) is -2.09. The Bertz CT molecular complexity index is 188. The van der Waals surface area contributed by atoms with Crippen LogP contribution >= 0.6 is 7.82 Å². The zero-order chi connectivity index (χ0) is 12.3. The van der Waals surface area contributed by atoms with E-state index in [1.807, 2.05) is 0 Å². The fraction of sp³-hybridized carbons (Fsp3) is 0.833. The maximum Gasteiger partial charge on any atom is 0.466 e. The van der Waals surface area contributed by atoms with Gasteiger partial charge in [0.25, 0.3) is 0 Å². The molecule has 0 rings (SSSR count). The Morgan fingerprint density at radius 1 is 1.33 bits per heavy atom. The van der Waals surface area contributed by atoms with Crippen molar-refractivity contribution in [2.24, 2.45) is 5.73 Å². The lowest BCUT2D eigenvalue weighted by Gasteiger charge is -2.00. The second-order valence-electron chi connectivity index (χ2n) is 2.48. The molecule has 15 heavy (non-hydrogen) atoms. The molecule has 9 heteroatoms. The Morgan fingerprint density at radius 2 is 1.80 bits per heavy atom. The highest BCUT2D eigenvalue weighted by atomic mass is 31.2. The number of rotatable bonds is 5. The molecule has 0 aliphatic heterocycles. The highest BCUT2D eigenvalue weighted by molar-refractivity contribution is 7.45. The van der Waals surface area contributed by atoms with Gasteiger partial charge in [0.05, 0.1) is 6.61 Å². The second kappa shape index (κ2) is 10.0. The average molecular weight is 244 g/mol. The molecule has 0 bridgehead atoms. The number of phosphoric acid groups is 1. The van der Waals surface area contributed by atoms with E-state index in [1.54, 1.807) is 0 Å². The van der Waals surface area contributed by atoms with Gasteiger partial charge in [-0.2, -0.15) is 0 Å². The van der Waals surface area contributed by atoms with Crippen LogP contribution in [0.25, 0.3) is 0 Å². The van der Waals surface area contributed by atoms with Gasteiger partial charge in [0, 0.05) is 13.0 Å². The molecular weight excluding hydrogens is 227 g/mol. The number of carbonyl (C=O) groups excluding carboxylic acids is 1. The van der Waals surface area contributed by atoms with Crippen molar-refractivity contribution < 1.29 is 29.1 Å². The van der Waals surface area contributed by atoms with Gasteiger partial charge in [-0.1, -0.05) is 0 Å². The summed E-state index contributed by atoms with van der Waals surface area (Å²) in [5, 5.41) is 10.8. The van der Waals surface area contributed by atoms with Gasteiger partial charge in [0.2, 0.25) is 5.91 Å². The molecule has 0 spiro atoms. The highest BCUT2D eigenvalue weighted by Crippen LogP contribution is 2.25. The molecule has 0 aliphatic rings. The summed E-state index contributed by atoms with van der Waals surface area (Å²) in [6, 6.07) is 0. The first-order valence-corrected chi connectivity index (χ1v) is 5.73. The van der Waals surface area contributed by atoms with Gasteiger partial charge in [0.1, 0.15) is 0 Å². The van der Waals surface area contributed by atoms with E-state index in [2.05, 4.69) is 5.32 Å². The van der Waals surface area contributed by atoms with E-state index in [0.29, 0.717) is 25.9 Å². The number of nitrogens with one attached hydrogen (secondary N) is 1. The highest BCUT2D eigenvalue weighted by Gasteiger charge is 2.00. The molecule has 0 aromatic carbocycles. The maximum absolute atomic E-state index is 10.7. The largest absolute Gasteiger partial charge is 0.466 e. The van der Waals surface area contributed by atoms with Crippen molar-refractivity contribution in [2.75, 3.05) is 19.7 Å². The molecule has 0 aromatic rings. The summed E-state index contributed by atoms with van der Waals surface area (Å²) in [5.74, 6) is -0.0421.